The first-order valence-electron chi connectivity index (χ1n) is 6.32. The third kappa shape index (κ3) is 6.05. The van der Waals surface area contributed by atoms with Crippen LogP contribution in [0.15, 0.2) is 12.3 Å². The van der Waals surface area contributed by atoms with Crippen molar-refractivity contribution in [3.63, 3.8) is 0 Å². The number of halogens is 7. The molecular formula is C12H10ClF6N3O3. The van der Waals surface area contributed by atoms with Gasteiger partial charge in [-0.15, -0.1) is 0 Å². The largest absolute Gasteiger partial charge is 0.490 e. The highest BCUT2D eigenvalue weighted by atomic mass is 35.5. The van der Waals surface area contributed by atoms with E-state index in [9.17, 15) is 35.9 Å². The number of rotatable bonds is 5. The summed E-state index contributed by atoms with van der Waals surface area (Å²) >= 11 is 5.68. The third-order valence-corrected chi connectivity index (χ3v) is 2.97. The van der Waals surface area contributed by atoms with Crippen molar-refractivity contribution in [3.8, 4) is 0 Å². The molecule has 1 unspecified atom stereocenters. The Bertz CT molecular complexity index is 650. The topological polar surface area (TPSA) is 94.3 Å². The number of nitrogens with one attached hydrogen (secondary N) is 1. The molecule has 6 nitrogen and oxygen atoms in total. The van der Waals surface area contributed by atoms with Crippen LogP contribution in [0.4, 0.5) is 26.3 Å². The van der Waals surface area contributed by atoms with E-state index in [1.807, 2.05) is 0 Å². The van der Waals surface area contributed by atoms with Gasteiger partial charge in [-0.2, -0.15) is 26.3 Å². The fourth-order valence-electron chi connectivity index (χ4n) is 1.55. The number of ether oxygens (including phenoxy) is 1. The molecule has 1 aromatic heterocycles. The predicted octanol–water partition coefficient (Wildman–Crippen LogP) is 1.98. The monoisotopic (exact) mass is 393 g/mol. The molecule has 0 radical (unpaired) electrons. The van der Waals surface area contributed by atoms with E-state index in [1.54, 1.807) is 0 Å². The van der Waals surface area contributed by atoms with E-state index in [2.05, 4.69) is 15.0 Å². The molecule has 0 bridgehead atoms. The molecule has 1 aromatic rings. The lowest BCUT2D eigenvalue weighted by Crippen LogP contribution is -2.38. The van der Waals surface area contributed by atoms with Gasteiger partial charge in [0.05, 0.1) is 22.3 Å². The van der Waals surface area contributed by atoms with Crippen LogP contribution < -0.4 is 11.1 Å². The van der Waals surface area contributed by atoms with Gasteiger partial charge in [0.25, 0.3) is 5.91 Å². The molecule has 0 spiro atoms. The van der Waals surface area contributed by atoms with Gasteiger partial charge in [0.15, 0.2) is 6.61 Å². The number of hydrogen-bond donors (Lipinski definition) is 2. The van der Waals surface area contributed by atoms with E-state index < -0.39 is 47.5 Å². The molecule has 1 heterocycles. The van der Waals surface area contributed by atoms with Crippen molar-refractivity contribution >= 4 is 23.5 Å². The minimum Gasteiger partial charge on any atom is -0.449 e. The van der Waals surface area contributed by atoms with Gasteiger partial charge in [-0.25, -0.2) is 4.79 Å². The summed E-state index contributed by atoms with van der Waals surface area (Å²) in [6, 6.07) is -0.644. The first-order chi connectivity index (χ1) is 11.4. The highest BCUT2D eigenvalue weighted by molar-refractivity contribution is 6.31. The third-order valence-electron chi connectivity index (χ3n) is 2.66. The molecule has 1 rings (SSSR count). The Morgan fingerprint density at radius 3 is 2.32 bits per heavy atom. The van der Waals surface area contributed by atoms with Gasteiger partial charge in [0.1, 0.15) is 0 Å². The van der Waals surface area contributed by atoms with E-state index in [-0.39, 0.29) is 12.2 Å². The Morgan fingerprint density at radius 2 is 1.88 bits per heavy atom. The Balaban J connectivity index is 2.80. The van der Waals surface area contributed by atoms with Gasteiger partial charge in [-0.05, 0) is 6.07 Å². The van der Waals surface area contributed by atoms with Crippen molar-refractivity contribution in [2.75, 3.05) is 13.2 Å². The quantitative estimate of drug-likeness (QED) is 0.589. The summed E-state index contributed by atoms with van der Waals surface area (Å²) in [5, 5.41) is 1.59. The number of hydrogen-bond acceptors (Lipinski definition) is 5. The standard InChI is InChI=1S/C12H10ClF6N3O3/c13-6-1-5(11(14,15)16)3-21-9(6)7(2-20)22-8(23)4-25-10(24)12(17,18)19/h1,3,7H,2,4,20H2,(H,22,23). The van der Waals surface area contributed by atoms with Crippen molar-refractivity contribution in [3.05, 3.63) is 28.5 Å². The Morgan fingerprint density at radius 1 is 1.28 bits per heavy atom. The molecule has 1 atom stereocenters. The van der Waals surface area contributed by atoms with Crippen LogP contribution in [0, 0.1) is 0 Å². The summed E-state index contributed by atoms with van der Waals surface area (Å²) in [5.74, 6) is -3.75. The second-order valence-electron chi connectivity index (χ2n) is 4.52. The average molecular weight is 394 g/mol. The summed E-state index contributed by atoms with van der Waals surface area (Å²) in [7, 11) is 0. The fraction of sp³-hybridized carbons (Fsp3) is 0.417. The number of carbonyl (C=O) groups excluding carboxylic acids is 2. The molecule has 0 saturated heterocycles. The molecule has 140 valence electrons. The Kier molecular flexibility index (Phi) is 6.60. The van der Waals surface area contributed by atoms with E-state index >= 15 is 0 Å². The first kappa shape index (κ1) is 21.0. The van der Waals surface area contributed by atoms with Crippen LogP contribution in [0.5, 0.6) is 0 Å². The van der Waals surface area contributed by atoms with Crippen molar-refractivity contribution in [2.45, 2.75) is 18.4 Å². The van der Waals surface area contributed by atoms with Crippen molar-refractivity contribution in [2.24, 2.45) is 5.73 Å². The molecular weight excluding hydrogens is 384 g/mol. The van der Waals surface area contributed by atoms with Crippen LogP contribution in [0.3, 0.4) is 0 Å². The second kappa shape index (κ2) is 7.87. The molecule has 3 N–H and O–H groups in total. The summed E-state index contributed by atoms with van der Waals surface area (Å²) in [6.07, 6.45) is -9.51. The minimum atomic E-state index is -5.27. The summed E-state index contributed by atoms with van der Waals surface area (Å²) in [5.41, 5.74) is 3.98. The zero-order valence-electron chi connectivity index (χ0n) is 12.0. The minimum absolute atomic E-state index is 0.229. The highest BCUT2D eigenvalue weighted by Gasteiger charge is 2.41. The number of alkyl halides is 6. The van der Waals surface area contributed by atoms with Gasteiger partial charge < -0.3 is 15.8 Å². The highest BCUT2D eigenvalue weighted by Crippen LogP contribution is 2.32. The first-order valence-corrected chi connectivity index (χ1v) is 6.70. The zero-order chi connectivity index (χ0) is 19.4. The molecule has 0 fully saturated rings. The molecule has 0 aromatic carbocycles. The lowest BCUT2D eigenvalue weighted by Gasteiger charge is -2.18. The van der Waals surface area contributed by atoms with Crippen LogP contribution in [0.25, 0.3) is 0 Å². The van der Waals surface area contributed by atoms with E-state index in [1.165, 1.54) is 0 Å². The van der Waals surface area contributed by atoms with Crippen LogP contribution >= 0.6 is 11.6 Å². The van der Waals surface area contributed by atoms with Crippen molar-refractivity contribution < 1.29 is 40.7 Å². The maximum absolute atomic E-state index is 12.5. The van der Waals surface area contributed by atoms with Gasteiger partial charge >= 0.3 is 18.3 Å². The number of pyridine rings is 1. The smallest absolute Gasteiger partial charge is 0.449 e. The van der Waals surface area contributed by atoms with Crippen LogP contribution in [-0.4, -0.2) is 36.2 Å². The molecule has 0 aliphatic carbocycles. The molecule has 13 heteroatoms. The predicted molar refractivity (Wildman–Crippen MR) is 71.2 cm³/mol. The average Bonchev–Trinajstić information content (AvgIpc) is 2.48. The van der Waals surface area contributed by atoms with E-state index in [4.69, 9.17) is 17.3 Å². The lowest BCUT2D eigenvalue weighted by atomic mass is 10.1. The summed E-state index contributed by atoms with van der Waals surface area (Å²) < 4.78 is 77.1. The van der Waals surface area contributed by atoms with Crippen LogP contribution in [-0.2, 0) is 20.5 Å². The maximum atomic E-state index is 12.5. The molecule has 0 aliphatic heterocycles. The second-order valence-corrected chi connectivity index (χ2v) is 4.93. The molecule has 0 aliphatic rings. The Labute approximate surface area is 141 Å². The van der Waals surface area contributed by atoms with Gasteiger partial charge in [0.2, 0.25) is 0 Å². The van der Waals surface area contributed by atoms with Gasteiger partial charge in [-0.3, -0.25) is 9.78 Å². The Hall–Kier alpha value is -2.08. The number of carbonyl (C=O) groups is 2. The van der Waals surface area contributed by atoms with Crippen molar-refractivity contribution in [1.82, 2.24) is 10.3 Å². The normalized spacial score (nSPS) is 13.3. The maximum Gasteiger partial charge on any atom is 0.490 e. The van der Waals surface area contributed by atoms with Gasteiger partial charge in [0, 0.05) is 12.7 Å². The molecule has 1 amide bonds. The fourth-order valence-corrected chi connectivity index (χ4v) is 1.85. The number of amides is 1. The molecule has 25 heavy (non-hydrogen) atoms. The van der Waals surface area contributed by atoms with E-state index in [0.717, 1.165) is 0 Å². The van der Waals surface area contributed by atoms with Crippen molar-refractivity contribution in [1.29, 1.82) is 0 Å². The summed E-state index contributed by atoms with van der Waals surface area (Å²) in [6.45, 7) is -1.65. The lowest BCUT2D eigenvalue weighted by molar-refractivity contribution is -0.200. The molecule has 0 saturated carbocycles. The van der Waals surface area contributed by atoms with Crippen LogP contribution in [0.1, 0.15) is 17.3 Å². The number of nitrogens with two attached hydrogens (primary N) is 1. The number of nitrogens with zero attached hydrogens (tertiary/aromatic N) is 1. The van der Waals surface area contributed by atoms with Gasteiger partial charge in [-0.1, -0.05) is 11.6 Å². The van der Waals surface area contributed by atoms with Crippen LogP contribution in [0.2, 0.25) is 5.02 Å². The SMILES string of the molecule is NCC(NC(=O)COC(=O)C(F)(F)F)c1ncc(C(F)(F)F)cc1Cl. The van der Waals surface area contributed by atoms with E-state index in [0.29, 0.717) is 12.3 Å². The summed E-state index contributed by atoms with van der Waals surface area (Å²) in [4.78, 5) is 25.4. The number of aromatic nitrogens is 1. The zero-order valence-corrected chi connectivity index (χ0v) is 12.8. The number of esters is 1.